The maximum Gasteiger partial charge on any atom is 0.245 e. The molecular weight excluding hydrogens is 409 g/mol. The summed E-state index contributed by atoms with van der Waals surface area (Å²) < 4.78 is 5.91. The Bertz CT molecular complexity index is 778. The average Bonchev–Trinajstić information content (AvgIpc) is 3.17. The number of hydrogen-bond acceptors (Lipinski definition) is 4. The van der Waals surface area contributed by atoms with Gasteiger partial charge in [-0.1, -0.05) is 29.8 Å². The number of benzene rings is 2. The van der Waals surface area contributed by atoms with Crippen molar-refractivity contribution in [3.8, 4) is 5.75 Å². The second-order valence-corrected chi connectivity index (χ2v) is 7.26. The van der Waals surface area contributed by atoms with E-state index < -0.39 is 6.04 Å². The third kappa shape index (κ3) is 7.19. The number of anilines is 1. The summed E-state index contributed by atoms with van der Waals surface area (Å²) in [4.78, 5) is 14.9. The lowest BCUT2D eigenvalue weighted by Crippen LogP contribution is -2.27. The van der Waals surface area contributed by atoms with E-state index in [4.69, 9.17) is 10.5 Å². The van der Waals surface area contributed by atoms with Gasteiger partial charge in [0.2, 0.25) is 5.91 Å². The lowest BCUT2D eigenvalue weighted by atomic mass is 10.1. The van der Waals surface area contributed by atoms with Gasteiger partial charge in [-0.15, -0.1) is 24.8 Å². The van der Waals surface area contributed by atoms with Gasteiger partial charge in [0.1, 0.15) is 18.4 Å². The first-order valence-electron chi connectivity index (χ1n) is 9.62. The number of aryl methyl sites for hydroxylation is 2. The molecule has 0 bridgehead atoms. The zero-order valence-corrected chi connectivity index (χ0v) is 18.7. The number of hydrogen-bond donors (Lipinski definition) is 2. The Labute approximate surface area is 185 Å². The van der Waals surface area contributed by atoms with Crippen LogP contribution in [-0.4, -0.2) is 37.0 Å². The smallest absolute Gasteiger partial charge is 0.245 e. The summed E-state index contributed by atoms with van der Waals surface area (Å²) in [6.45, 7) is 7.99. The van der Waals surface area contributed by atoms with Crippen molar-refractivity contribution in [2.75, 3.05) is 31.6 Å². The maximum absolute atomic E-state index is 12.4. The lowest BCUT2D eigenvalue weighted by Gasteiger charge is -2.17. The summed E-state index contributed by atoms with van der Waals surface area (Å²) in [5.41, 5.74) is 9.76. The zero-order chi connectivity index (χ0) is 19.2. The highest BCUT2D eigenvalue weighted by atomic mass is 35.5. The Morgan fingerprint density at radius 1 is 1.10 bits per heavy atom. The fraction of sp³-hybridized carbons (Fsp3) is 0.409. The van der Waals surface area contributed by atoms with Crippen LogP contribution in [0.5, 0.6) is 5.75 Å². The number of carbonyl (C=O) groups excluding carboxylic acids is 1. The molecule has 1 fully saturated rings. The quantitative estimate of drug-likeness (QED) is 0.675. The van der Waals surface area contributed by atoms with Crippen molar-refractivity contribution in [1.82, 2.24) is 4.90 Å². The van der Waals surface area contributed by atoms with Gasteiger partial charge in [-0.2, -0.15) is 0 Å². The zero-order valence-electron chi connectivity index (χ0n) is 17.0. The van der Waals surface area contributed by atoms with Crippen LogP contribution >= 0.6 is 24.8 Å². The summed E-state index contributed by atoms with van der Waals surface area (Å²) in [5, 5.41) is 2.90. The van der Waals surface area contributed by atoms with Crippen LogP contribution in [0.4, 0.5) is 5.69 Å². The number of likely N-dealkylation sites (tertiary alicyclic amines) is 1. The predicted octanol–water partition coefficient (Wildman–Crippen LogP) is 4.26. The molecule has 0 aliphatic carbocycles. The van der Waals surface area contributed by atoms with Crippen molar-refractivity contribution < 1.29 is 9.53 Å². The van der Waals surface area contributed by atoms with E-state index in [1.165, 1.54) is 25.9 Å². The van der Waals surface area contributed by atoms with Gasteiger partial charge in [-0.3, -0.25) is 9.69 Å². The van der Waals surface area contributed by atoms with Gasteiger partial charge in [-0.25, -0.2) is 0 Å². The highest BCUT2D eigenvalue weighted by Crippen LogP contribution is 2.23. The molecule has 0 saturated carbocycles. The molecular formula is C22H31Cl2N3O2. The Hall–Kier alpha value is -1.79. The van der Waals surface area contributed by atoms with E-state index >= 15 is 0 Å². The van der Waals surface area contributed by atoms with Crippen molar-refractivity contribution in [1.29, 1.82) is 0 Å². The third-order valence-corrected chi connectivity index (χ3v) is 5.03. The molecule has 0 radical (unpaired) electrons. The molecule has 1 heterocycles. The molecule has 0 spiro atoms. The number of amides is 1. The Morgan fingerprint density at radius 2 is 1.76 bits per heavy atom. The van der Waals surface area contributed by atoms with Crippen molar-refractivity contribution in [2.24, 2.45) is 5.73 Å². The first-order chi connectivity index (χ1) is 13.0. The van der Waals surface area contributed by atoms with Crippen LogP contribution in [0.2, 0.25) is 0 Å². The van der Waals surface area contributed by atoms with Crippen LogP contribution in [-0.2, 0) is 4.79 Å². The largest absolute Gasteiger partial charge is 0.492 e. The van der Waals surface area contributed by atoms with Crippen LogP contribution in [0.3, 0.4) is 0 Å². The number of nitrogens with one attached hydrogen (secondary N) is 1. The number of nitrogens with two attached hydrogens (primary N) is 1. The Kier molecular flexibility index (Phi) is 10.5. The van der Waals surface area contributed by atoms with Gasteiger partial charge in [-0.05, 0) is 69.1 Å². The lowest BCUT2D eigenvalue weighted by molar-refractivity contribution is -0.117. The molecule has 29 heavy (non-hydrogen) atoms. The summed E-state index contributed by atoms with van der Waals surface area (Å²) in [5.74, 6) is 0.635. The molecule has 3 N–H and O–H groups in total. The molecule has 7 heteroatoms. The van der Waals surface area contributed by atoms with Crippen LogP contribution in [0, 0.1) is 13.8 Å². The minimum Gasteiger partial charge on any atom is -0.492 e. The summed E-state index contributed by atoms with van der Waals surface area (Å²) in [6.07, 6.45) is 2.58. The first-order valence-corrected chi connectivity index (χ1v) is 9.62. The fourth-order valence-corrected chi connectivity index (χ4v) is 3.33. The normalized spacial score (nSPS) is 14.4. The van der Waals surface area contributed by atoms with E-state index in [2.05, 4.69) is 10.2 Å². The van der Waals surface area contributed by atoms with E-state index in [-0.39, 0.29) is 30.7 Å². The van der Waals surface area contributed by atoms with Crippen LogP contribution < -0.4 is 15.8 Å². The maximum atomic E-state index is 12.4. The second-order valence-electron chi connectivity index (χ2n) is 7.26. The van der Waals surface area contributed by atoms with Gasteiger partial charge < -0.3 is 15.8 Å². The van der Waals surface area contributed by atoms with Crippen LogP contribution in [0.25, 0.3) is 0 Å². The van der Waals surface area contributed by atoms with Crippen LogP contribution in [0.15, 0.2) is 42.5 Å². The topological polar surface area (TPSA) is 67.6 Å². The minimum atomic E-state index is -0.692. The summed E-state index contributed by atoms with van der Waals surface area (Å²) >= 11 is 0. The first kappa shape index (κ1) is 25.2. The molecule has 2 aromatic carbocycles. The van der Waals surface area contributed by atoms with Crippen molar-refractivity contribution in [2.45, 2.75) is 32.7 Å². The molecule has 1 atom stereocenters. The minimum absolute atomic E-state index is 0. The Balaban J connectivity index is 0.00000210. The third-order valence-electron chi connectivity index (χ3n) is 5.03. The summed E-state index contributed by atoms with van der Waals surface area (Å²) in [6, 6.07) is 12.7. The van der Waals surface area contributed by atoms with Crippen LogP contribution in [0.1, 0.15) is 35.6 Å². The molecule has 3 rings (SSSR count). The number of carbonyl (C=O) groups is 1. The predicted molar refractivity (Wildman–Crippen MR) is 124 cm³/mol. The molecule has 1 aliphatic rings. The van der Waals surface area contributed by atoms with E-state index in [1.54, 1.807) is 0 Å². The van der Waals surface area contributed by atoms with Crippen molar-refractivity contribution in [3.05, 3.63) is 59.2 Å². The molecule has 160 valence electrons. The number of rotatable bonds is 7. The van der Waals surface area contributed by atoms with Crippen molar-refractivity contribution in [3.63, 3.8) is 0 Å². The highest BCUT2D eigenvalue weighted by Gasteiger charge is 2.16. The van der Waals surface area contributed by atoms with Gasteiger partial charge in [0.15, 0.2) is 0 Å². The molecule has 1 unspecified atom stereocenters. The van der Waals surface area contributed by atoms with Gasteiger partial charge in [0.25, 0.3) is 0 Å². The molecule has 1 aliphatic heterocycles. The Morgan fingerprint density at radius 3 is 2.38 bits per heavy atom. The van der Waals surface area contributed by atoms with E-state index in [1.807, 2.05) is 56.3 Å². The monoisotopic (exact) mass is 439 g/mol. The van der Waals surface area contributed by atoms with Gasteiger partial charge in [0.05, 0.1) is 0 Å². The van der Waals surface area contributed by atoms with Crippen molar-refractivity contribution >= 4 is 36.4 Å². The van der Waals surface area contributed by atoms with E-state index in [0.717, 1.165) is 34.7 Å². The number of ether oxygens (including phenoxy) is 1. The average molecular weight is 440 g/mol. The molecule has 1 saturated heterocycles. The van der Waals surface area contributed by atoms with E-state index in [9.17, 15) is 4.79 Å². The molecule has 2 aromatic rings. The molecule has 1 amide bonds. The van der Waals surface area contributed by atoms with Gasteiger partial charge in [0, 0.05) is 12.2 Å². The fourth-order valence-electron chi connectivity index (χ4n) is 3.33. The highest BCUT2D eigenvalue weighted by molar-refractivity contribution is 5.95. The van der Waals surface area contributed by atoms with E-state index in [0.29, 0.717) is 6.61 Å². The van der Waals surface area contributed by atoms with Gasteiger partial charge >= 0.3 is 0 Å². The SMILES string of the molecule is Cc1ccc(C(N)C(=O)Nc2ccc(OCCN3CCCC3)c(C)c2)cc1.Cl.Cl. The summed E-state index contributed by atoms with van der Waals surface area (Å²) in [7, 11) is 0. The number of nitrogens with zero attached hydrogens (tertiary/aromatic N) is 1. The standard InChI is InChI=1S/C22H29N3O2.2ClH/c1-16-5-7-18(8-6-16)21(23)22(26)24-19-9-10-20(17(2)15-19)27-14-13-25-11-3-4-12-25;;/h5-10,15,21H,3-4,11-14,23H2,1-2H3,(H,24,26);2*1H. The molecule has 5 nitrogen and oxygen atoms in total. The number of halogens is 2. The molecule has 0 aromatic heterocycles. The second kappa shape index (κ2) is 12.0.